The standard InChI is InChI=1S/C26H28N2O3/c29-24(18-8-2-1-3-9-18)16-26(31)21-11-5-7-13-23(21)28(25(26)30)15-14-19-17-27-22-12-6-4-10-20(19)22/h4-7,10-13,17-18,27,31H,1-3,8-9,14-16H2. The van der Waals surface area contributed by atoms with Crippen molar-refractivity contribution in [2.24, 2.45) is 5.92 Å². The molecule has 0 bridgehead atoms. The van der Waals surface area contributed by atoms with Crippen LogP contribution in [0.2, 0.25) is 0 Å². The molecule has 1 fully saturated rings. The SMILES string of the molecule is O=C(CC1(O)C(=O)N(CCc2c[nH]c3ccccc23)c2ccccc21)C1CCCCC1. The summed E-state index contributed by atoms with van der Waals surface area (Å²) in [5.74, 6) is -0.389. The fourth-order valence-corrected chi connectivity index (χ4v) is 5.29. The number of fused-ring (bicyclic) bond motifs is 2. The van der Waals surface area contributed by atoms with Crippen LogP contribution in [0.4, 0.5) is 5.69 Å². The highest BCUT2D eigenvalue weighted by Crippen LogP contribution is 2.43. The lowest BCUT2D eigenvalue weighted by Crippen LogP contribution is -2.43. The van der Waals surface area contributed by atoms with Gasteiger partial charge in [-0.15, -0.1) is 0 Å². The number of aliphatic hydroxyl groups is 1. The third kappa shape index (κ3) is 3.47. The molecule has 3 aromatic rings. The summed E-state index contributed by atoms with van der Waals surface area (Å²) in [5.41, 5.74) is 1.72. The molecule has 2 N–H and O–H groups in total. The Hall–Kier alpha value is -2.92. The summed E-state index contributed by atoms with van der Waals surface area (Å²) in [7, 11) is 0. The van der Waals surface area contributed by atoms with E-state index in [1.807, 2.05) is 42.6 Å². The summed E-state index contributed by atoms with van der Waals surface area (Å²) in [5, 5.41) is 12.6. The first-order chi connectivity index (χ1) is 15.1. The fraction of sp³-hybridized carbons (Fsp3) is 0.385. The van der Waals surface area contributed by atoms with Gasteiger partial charge in [0.15, 0.2) is 5.60 Å². The molecule has 2 heterocycles. The predicted molar refractivity (Wildman–Crippen MR) is 121 cm³/mol. The lowest BCUT2D eigenvalue weighted by atomic mass is 9.80. The molecule has 0 spiro atoms. The molecule has 1 saturated carbocycles. The number of rotatable bonds is 6. The van der Waals surface area contributed by atoms with E-state index in [0.717, 1.165) is 48.6 Å². The Labute approximate surface area is 182 Å². The van der Waals surface area contributed by atoms with E-state index in [9.17, 15) is 14.7 Å². The van der Waals surface area contributed by atoms with Gasteiger partial charge in [-0.1, -0.05) is 55.7 Å². The molecule has 160 valence electrons. The number of aromatic amines is 1. The number of carbonyl (C=O) groups is 2. The third-order valence-corrected chi connectivity index (χ3v) is 7.01. The summed E-state index contributed by atoms with van der Waals surface area (Å²) in [6, 6.07) is 15.5. The second-order valence-electron chi connectivity index (χ2n) is 8.92. The monoisotopic (exact) mass is 416 g/mol. The van der Waals surface area contributed by atoms with Gasteiger partial charge in [0.1, 0.15) is 5.78 Å². The second kappa shape index (κ2) is 7.97. The Balaban J connectivity index is 1.39. The highest BCUT2D eigenvalue weighted by atomic mass is 16.3. The summed E-state index contributed by atoms with van der Waals surface area (Å²) >= 11 is 0. The number of para-hydroxylation sites is 2. The average molecular weight is 417 g/mol. The number of hydrogen-bond acceptors (Lipinski definition) is 3. The summed E-state index contributed by atoms with van der Waals surface area (Å²) in [6.45, 7) is 0.456. The van der Waals surface area contributed by atoms with Crippen molar-refractivity contribution < 1.29 is 14.7 Å². The van der Waals surface area contributed by atoms with Crippen LogP contribution in [-0.4, -0.2) is 28.3 Å². The van der Waals surface area contributed by atoms with E-state index in [0.29, 0.717) is 24.2 Å². The van der Waals surface area contributed by atoms with Gasteiger partial charge in [-0.2, -0.15) is 0 Å². The van der Waals surface area contributed by atoms with Gasteiger partial charge in [-0.3, -0.25) is 9.59 Å². The van der Waals surface area contributed by atoms with Crippen LogP contribution in [0.5, 0.6) is 0 Å². The number of ketones is 1. The van der Waals surface area contributed by atoms with Crippen molar-refractivity contribution in [1.82, 2.24) is 4.98 Å². The number of H-pyrrole nitrogens is 1. The highest BCUT2D eigenvalue weighted by Gasteiger charge is 2.51. The van der Waals surface area contributed by atoms with Gasteiger partial charge in [0.05, 0.1) is 5.69 Å². The molecule has 2 aliphatic rings. The van der Waals surface area contributed by atoms with Crippen molar-refractivity contribution in [3.05, 3.63) is 65.9 Å². The minimum Gasteiger partial charge on any atom is -0.375 e. The normalized spacial score (nSPS) is 21.6. The molecule has 5 heteroatoms. The molecule has 1 unspecified atom stereocenters. The van der Waals surface area contributed by atoms with E-state index in [1.54, 1.807) is 11.0 Å². The number of Topliss-reactive ketones (excluding diaryl/α,β-unsaturated/α-hetero) is 1. The van der Waals surface area contributed by atoms with E-state index < -0.39 is 5.60 Å². The Kier molecular flexibility index (Phi) is 5.14. The van der Waals surface area contributed by atoms with Crippen LogP contribution in [0.15, 0.2) is 54.7 Å². The van der Waals surface area contributed by atoms with E-state index in [-0.39, 0.29) is 24.0 Å². The highest BCUT2D eigenvalue weighted by molar-refractivity contribution is 6.09. The van der Waals surface area contributed by atoms with Crippen molar-refractivity contribution >= 4 is 28.3 Å². The molecular formula is C26H28N2O3. The lowest BCUT2D eigenvalue weighted by Gasteiger charge is -2.26. The van der Waals surface area contributed by atoms with Gasteiger partial charge < -0.3 is 15.0 Å². The molecular weight excluding hydrogens is 388 g/mol. The third-order valence-electron chi connectivity index (χ3n) is 7.01. The first-order valence-corrected chi connectivity index (χ1v) is 11.3. The van der Waals surface area contributed by atoms with Crippen LogP contribution in [0.1, 0.15) is 49.7 Å². The first-order valence-electron chi connectivity index (χ1n) is 11.3. The minimum atomic E-state index is -1.76. The molecule has 1 amide bonds. The number of nitrogens with one attached hydrogen (secondary N) is 1. The van der Waals surface area contributed by atoms with Crippen LogP contribution in [0, 0.1) is 5.92 Å². The van der Waals surface area contributed by atoms with Crippen LogP contribution in [0.25, 0.3) is 10.9 Å². The molecule has 1 atom stereocenters. The maximum Gasteiger partial charge on any atom is 0.264 e. The van der Waals surface area contributed by atoms with E-state index >= 15 is 0 Å². The smallest absolute Gasteiger partial charge is 0.264 e. The molecule has 5 rings (SSSR count). The Morgan fingerprint density at radius 3 is 2.65 bits per heavy atom. The van der Waals surface area contributed by atoms with Crippen molar-refractivity contribution in [3.8, 4) is 0 Å². The Bertz CT molecular complexity index is 1130. The summed E-state index contributed by atoms with van der Waals surface area (Å²) < 4.78 is 0. The number of nitrogens with zero attached hydrogens (tertiary/aromatic N) is 1. The van der Waals surface area contributed by atoms with Crippen LogP contribution in [-0.2, 0) is 21.6 Å². The van der Waals surface area contributed by atoms with E-state index in [2.05, 4.69) is 11.1 Å². The molecule has 2 aromatic carbocycles. The topological polar surface area (TPSA) is 73.4 Å². The average Bonchev–Trinajstić information content (AvgIpc) is 3.31. The van der Waals surface area contributed by atoms with Crippen LogP contribution >= 0.6 is 0 Å². The number of aromatic nitrogens is 1. The van der Waals surface area contributed by atoms with Gasteiger partial charge in [0, 0.05) is 41.5 Å². The van der Waals surface area contributed by atoms with Gasteiger partial charge in [0.2, 0.25) is 0 Å². The van der Waals surface area contributed by atoms with Crippen molar-refractivity contribution in [2.45, 2.75) is 50.5 Å². The zero-order chi connectivity index (χ0) is 21.4. The second-order valence-corrected chi connectivity index (χ2v) is 8.92. The summed E-state index contributed by atoms with van der Waals surface area (Å²) in [6.07, 6.45) is 7.53. The van der Waals surface area contributed by atoms with Crippen molar-refractivity contribution in [3.63, 3.8) is 0 Å². The van der Waals surface area contributed by atoms with Crippen molar-refractivity contribution in [1.29, 1.82) is 0 Å². The largest absolute Gasteiger partial charge is 0.375 e. The molecule has 31 heavy (non-hydrogen) atoms. The number of hydrogen-bond donors (Lipinski definition) is 2. The number of amides is 1. The molecule has 0 radical (unpaired) electrons. The zero-order valence-corrected chi connectivity index (χ0v) is 17.6. The molecule has 1 aliphatic carbocycles. The van der Waals surface area contributed by atoms with Crippen LogP contribution in [0.3, 0.4) is 0 Å². The molecule has 5 nitrogen and oxygen atoms in total. The summed E-state index contributed by atoms with van der Waals surface area (Å²) in [4.78, 5) is 31.4. The first kappa shape index (κ1) is 20.0. The molecule has 0 saturated heterocycles. The van der Waals surface area contributed by atoms with Gasteiger partial charge in [0.25, 0.3) is 5.91 Å². The number of carbonyl (C=O) groups excluding carboxylic acids is 2. The van der Waals surface area contributed by atoms with E-state index in [4.69, 9.17) is 0 Å². The van der Waals surface area contributed by atoms with Gasteiger partial charge in [-0.05, 0) is 37.0 Å². The van der Waals surface area contributed by atoms with E-state index in [1.165, 1.54) is 0 Å². The number of anilines is 1. The maximum absolute atomic E-state index is 13.4. The zero-order valence-electron chi connectivity index (χ0n) is 17.6. The molecule has 1 aliphatic heterocycles. The predicted octanol–water partition coefficient (Wildman–Crippen LogP) is 4.48. The maximum atomic E-state index is 13.4. The lowest BCUT2D eigenvalue weighted by molar-refractivity contribution is -0.143. The molecule has 1 aromatic heterocycles. The minimum absolute atomic E-state index is 0.0174. The van der Waals surface area contributed by atoms with Gasteiger partial charge >= 0.3 is 0 Å². The number of benzene rings is 2. The fourth-order valence-electron chi connectivity index (χ4n) is 5.29. The Morgan fingerprint density at radius 1 is 1.06 bits per heavy atom. The van der Waals surface area contributed by atoms with Crippen molar-refractivity contribution in [2.75, 3.05) is 11.4 Å². The quantitative estimate of drug-likeness (QED) is 0.622. The Morgan fingerprint density at radius 2 is 1.81 bits per heavy atom. The van der Waals surface area contributed by atoms with Gasteiger partial charge in [-0.25, -0.2) is 0 Å². The van der Waals surface area contributed by atoms with Crippen LogP contribution < -0.4 is 4.90 Å².